The van der Waals surface area contributed by atoms with Crippen LogP contribution in [0.3, 0.4) is 0 Å². The molecule has 0 atom stereocenters. The van der Waals surface area contributed by atoms with Gasteiger partial charge in [-0.3, -0.25) is 24.0 Å². The minimum Gasteiger partial charge on any atom is -0.346 e. The molecule has 0 heterocycles. The highest BCUT2D eigenvalue weighted by molar-refractivity contribution is 8.00. The quantitative estimate of drug-likeness (QED) is 0.0208. The second-order valence-corrected chi connectivity index (χ2v) is 31.3. The Balaban J connectivity index is 1.47. The van der Waals surface area contributed by atoms with E-state index in [1.807, 2.05) is 59.7 Å². The van der Waals surface area contributed by atoms with Crippen LogP contribution in [-0.2, 0) is 24.0 Å². The zero-order valence-corrected chi connectivity index (χ0v) is 61.6. The van der Waals surface area contributed by atoms with Crippen molar-refractivity contribution in [3.8, 4) is 0 Å². The fourth-order valence-electron chi connectivity index (χ4n) is 12.5. The van der Waals surface area contributed by atoms with Crippen LogP contribution in [0.15, 0.2) is 54.8 Å². The van der Waals surface area contributed by atoms with Gasteiger partial charge in [0.2, 0.25) is 29.5 Å². The molecule has 6 aromatic carbocycles. The Hall–Kier alpha value is -3.50. The molecule has 0 fully saturated rings. The summed E-state index contributed by atoms with van der Waals surface area (Å²) < 4.78 is 0. The third-order valence-electron chi connectivity index (χ3n) is 18.3. The van der Waals surface area contributed by atoms with Crippen molar-refractivity contribution in [1.82, 2.24) is 24.5 Å². The maximum absolute atomic E-state index is 13.8. The van der Waals surface area contributed by atoms with Gasteiger partial charge in [0, 0.05) is 153 Å². The summed E-state index contributed by atoms with van der Waals surface area (Å²) in [7, 11) is 9.78. The lowest BCUT2D eigenvalue weighted by molar-refractivity contribution is -0.130. The minimum absolute atomic E-state index is 0.175. The molecule has 0 aromatic heterocycles. The van der Waals surface area contributed by atoms with Crippen LogP contribution in [0.1, 0.15) is 227 Å². The van der Waals surface area contributed by atoms with Gasteiger partial charge in [-0.15, -0.1) is 58.8 Å². The van der Waals surface area contributed by atoms with Gasteiger partial charge in [0.1, 0.15) is 0 Å². The predicted octanol–water partition coefficient (Wildman–Crippen LogP) is 20.3. The molecule has 0 saturated heterocycles. The lowest BCUT2D eigenvalue weighted by atomic mass is 9.99. The molecule has 0 N–H and O–H groups in total. The van der Waals surface area contributed by atoms with Crippen LogP contribution in [0.2, 0.25) is 0 Å². The van der Waals surface area contributed by atoms with E-state index in [0.717, 1.165) is 121 Å². The normalized spacial score (nSPS) is 11.9. The Morgan fingerprint density at radius 3 is 0.567 bits per heavy atom. The van der Waals surface area contributed by atoms with Gasteiger partial charge in [-0.1, -0.05) is 163 Å². The number of thioether (sulfide) groups is 5. The SMILES string of the molecule is CCCCCCCN(C)C(=O)CCSc1cc2c(SCCC(=O)N(C)CCCCCCC)cc3c(SCCC(=O)N(C)CCCCCCC)cc4c(SCCC(=O)N(C)CCCCCCC)cc5c(SCCC(=O)N(C)CCCCCCC)cc1c1c5c4c3c21. The fourth-order valence-corrected chi connectivity index (χ4v) is 17.6. The molecule has 0 saturated carbocycles. The van der Waals surface area contributed by atoms with Gasteiger partial charge in [0.15, 0.2) is 0 Å². The maximum atomic E-state index is 13.8. The Morgan fingerprint density at radius 1 is 0.256 bits per heavy atom. The van der Waals surface area contributed by atoms with Gasteiger partial charge in [-0.2, -0.15) is 0 Å². The molecule has 10 nitrogen and oxygen atoms in total. The van der Waals surface area contributed by atoms with Gasteiger partial charge < -0.3 is 24.5 Å². The molecule has 0 unspecified atom stereocenters. The Kier molecular flexibility index (Phi) is 34.7. The smallest absolute Gasteiger partial charge is 0.223 e. The largest absolute Gasteiger partial charge is 0.346 e. The number of carbonyl (C=O) groups excluding carboxylic acids is 5. The molecular formula is C75H115N5O5S5. The van der Waals surface area contributed by atoms with E-state index in [0.29, 0.717) is 60.9 Å². The fraction of sp³-hybridized carbons (Fsp3) is 0.667. The number of benzene rings is 5. The first-order valence-electron chi connectivity index (χ1n) is 35.4. The molecule has 0 aliphatic rings. The number of nitrogens with zero attached hydrogens (tertiary/aromatic N) is 5. The minimum atomic E-state index is 0.175. The van der Waals surface area contributed by atoms with E-state index in [4.69, 9.17) is 0 Å². The second-order valence-electron chi connectivity index (χ2n) is 25.6. The average molecular weight is 1330 g/mol. The highest BCUT2D eigenvalue weighted by atomic mass is 32.2. The molecule has 500 valence electrons. The number of rotatable bonds is 50. The van der Waals surface area contributed by atoms with Crippen molar-refractivity contribution >= 4 is 142 Å². The monoisotopic (exact) mass is 1330 g/mol. The highest BCUT2D eigenvalue weighted by Crippen LogP contribution is 2.57. The van der Waals surface area contributed by atoms with Crippen molar-refractivity contribution in [2.45, 2.75) is 252 Å². The van der Waals surface area contributed by atoms with Gasteiger partial charge in [0.25, 0.3) is 0 Å². The van der Waals surface area contributed by atoms with E-state index in [2.05, 4.69) is 65.0 Å². The van der Waals surface area contributed by atoms with Crippen molar-refractivity contribution in [3.63, 3.8) is 0 Å². The first-order valence-corrected chi connectivity index (χ1v) is 40.3. The van der Waals surface area contributed by atoms with E-state index in [1.165, 1.54) is 150 Å². The lowest BCUT2D eigenvalue weighted by Crippen LogP contribution is -2.27. The van der Waals surface area contributed by atoms with Gasteiger partial charge >= 0.3 is 0 Å². The molecule has 6 aromatic rings. The topological polar surface area (TPSA) is 102 Å². The summed E-state index contributed by atoms with van der Waals surface area (Å²) in [6.07, 6.45) is 31.2. The van der Waals surface area contributed by atoms with E-state index in [-0.39, 0.29) is 29.5 Å². The summed E-state index contributed by atoms with van der Waals surface area (Å²) in [5.74, 6) is 4.08. The molecule has 0 aliphatic heterocycles. The summed E-state index contributed by atoms with van der Waals surface area (Å²) in [6.45, 7) is 15.0. The number of hydrogen-bond donors (Lipinski definition) is 0. The van der Waals surface area contributed by atoms with Crippen molar-refractivity contribution < 1.29 is 24.0 Å². The highest BCUT2D eigenvalue weighted by Gasteiger charge is 2.29. The maximum Gasteiger partial charge on any atom is 0.223 e. The summed E-state index contributed by atoms with van der Waals surface area (Å²) in [6, 6.07) is 12.0. The van der Waals surface area contributed by atoms with Crippen molar-refractivity contribution in [3.05, 3.63) is 30.3 Å². The van der Waals surface area contributed by atoms with Crippen molar-refractivity contribution in [1.29, 1.82) is 0 Å². The van der Waals surface area contributed by atoms with Gasteiger partial charge in [-0.25, -0.2) is 0 Å². The molecule has 5 amide bonds. The molecule has 0 aliphatic carbocycles. The standard InChI is InChI=1S/C75H115N5O5S5/c1-11-16-21-26-31-41-76(6)66(81)36-46-86-61-51-57-63(88-48-38-68(83)78(8)43-33-28-23-18-13-3)53-59-65(90-50-40-70(85)80(10)45-35-30-25-20-15-5)55-60-64(89-49-39-69(84)79(9)44-34-29-24-19-14-4)54-58-62(52-56(61)71-72(57)74(59)75(60)73(58)71)87-47-37-67(82)77(7)42-32-27-22-17-12-2/h51-55H,11-50H2,1-10H3. The summed E-state index contributed by atoms with van der Waals surface area (Å²) >= 11 is 8.88. The van der Waals surface area contributed by atoms with Crippen LogP contribution >= 0.6 is 58.8 Å². The number of carbonyl (C=O) groups is 5. The predicted molar refractivity (Wildman–Crippen MR) is 396 cm³/mol. The molecule has 6 rings (SSSR count). The number of hydrogen-bond acceptors (Lipinski definition) is 10. The van der Waals surface area contributed by atoms with E-state index >= 15 is 0 Å². The Bertz CT molecular complexity index is 2600. The van der Waals surface area contributed by atoms with Crippen LogP contribution < -0.4 is 0 Å². The second kappa shape index (κ2) is 41.4. The summed E-state index contributed by atoms with van der Waals surface area (Å²) in [5, 5.41) is 12.1. The van der Waals surface area contributed by atoms with Crippen LogP contribution in [0.25, 0.3) is 53.9 Å². The van der Waals surface area contributed by atoms with E-state index < -0.39 is 0 Å². The summed E-state index contributed by atoms with van der Waals surface area (Å²) in [5.41, 5.74) is 0. The third kappa shape index (κ3) is 22.6. The lowest BCUT2D eigenvalue weighted by Gasteiger charge is -2.19. The number of unbranched alkanes of at least 4 members (excludes halogenated alkanes) is 20. The molecule has 0 radical (unpaired) electrons. The van der Waals surface area contributed by atoms with E-state index in [1.54, 1.807) is 58.8 Å². The average Bonchev–Trinajstić information content (AvgIpc) is 1.51. The van der Waals surface area contributed by atoms with Crippen molar-refractivity contribution in [2.24, 2.45) is 0 Å². The number of amides is 5. The Morgan fingerprint density at radius 2 is 0.411 bits per heavy atom. The van der Waals surface area contributed by atoms with Crippen molar-refractivity contribution in [2.75, 3.05) is 96.7 Å². The molecule has 0 bridgehead atoms. The van der Waals surface area contributed by atoms with Crippen LogP contribution in [0.4, 0.5) is 0 Å². The van der Waals surface area contributed by atoms with Gasteiger partial charge in [-0.05, 0) is 116 Å². The third-order valence-corrected chi connectivity index (χ3v) is 23.6. The molecule has 15 heteroatoms. The first kappa shape index (κ1) is 75.5. The van der Waals surface area contributed by atoms with E-state index in [9.17, 15) is 24.0 Å². The zero-order valence-electron chi connectivity index (χ0n) is 57.5. The van der Waals surface area contributed by atoms with Gasteiger partial charge in [0.05, 0.1) is 0 Å². The molecule has 90 heavy (non-hydrogen) atoms. The Labute approximate surface area is 565 Å². The summed E-state index contributed by atoms with van der Waals surface area (Å²) in [4.78, 5) is 84.5. The molecule has 0 spiro atoms. The zero-order chi connectivity index (χ0) is 64.8. The first-order chi connectivity index (χ1) is 43.7. The van der Waals surface area contributed by atoms with Crippen LogP contribution in [-0.4, -0.2) is 151 Å². The van der Waals surface area contributed by atoms with Crippen LogP contribution in [0.5, 0.6) is 0 Å². The van der Waals surface area contributed by atoms with Crippen LogP contribution in [0, 0.1) is 0 Å². The molecular weight excluding hydrogens is 1210 g/mol.